The number of carbonyl (C=O) groups is 2. The number of rotatable bonds is 27. The fraction of sp³-hybridized carbons (Fsp3) is 0.913. The number of thiol groups is 1. The normalized spacial score (nSPS) is 14.8. The predicted molar refractivity (Wildman–Crippen MR) is 154 cm³/mol. The summed E-state index contributed by atoms with van der Waals surface area (Å²) in [6.07, 6.45) is -0.668. The molecule has 0 saturated heterocycles. The molecule has 0 radical (unpaired) electrons. The molecule has 0 bridgehead atoms. The van der Waals surface area contributed by atoms with Gasteiger partial charge >= 0.3 is 17.6 Å². The Morgan fingerprint density at radius 1 is 0.775 bits per heavy atom. The lowest BCUT2D eigenvalue weighted by Crippen LogP contribution is -2.43. The van der Waals surface area contributed by atoms with Crippen molar-refractivity contribution in [3.63, 3.8) is 0 Å². The third-order valence-corrected chi connectivity index (χ3v) is 12.1. The van der Waals surface area contributed by atoms with Crippen molar-refractivity contribution >= 4 is 42.0 Å². The van der Waals surface area contributed by atoms with Crippen LogP contribution in [0.5, 0.6) is 0 Å². The molecule has 0 spiro atoms. The SMILES string of the molecule is [3H]SCCC(CCC(=O)NCC(O)OCCC[Si](OC)(OC)OC)C(=O)NCC(O)OCCC[Si](OC)(OC)OC. The van der Waals surface area contributed by atoms with Gasteiger partial charge in [-0.25, -0.2) is 0 Å². The summed E-state index contributed by atoms with van der Waals surface area (Å²) in [6, 6.07) is 1.02. The van der Waals surface area contributed by atoms with Crippen molar-refractivity contribution < 1.29 is 55.8 Å². The molecule has 0 aliphatic carbocycles. The van der Waals surface area contributed by atoms with Crippen molar-refractivity contribution in [2.45, 2.75) is 56.8 Å². The van der Waals surface area contributed by atoms with Crippen LogP contribution in [-0.2, 0) is 45.6 Å². The number of nitrogens with one attached hydrogen (secondary N) is 2. The zero-order chi connectivity index (χ0) is 31.2. The van der Waals surface area contributed by atoms with Crippen LogP contribution in [0.4, 0.5) is 0 Å². The van der Waals surface area contributed by atoms with E-state index in [1.165, 1.54) is 42.7 Å². The first-order valence-corrected chi connectivity index (χ1v) is 17.6. The van der Waals surface area contributed by atoms with Crippen molar-refractivity contribution in [3.05, 3.63) is 0 Å². The highest BCUT2D eigenvalue weighted by molar-refractivity contribution is 7.80. The topological polar surface area (TPSA) is 172 Å². The average molecular weight is 637 g/mol. The number of hydrogen-bond acceptors (Lipinski definition) is 13. The van der Waals surface area contributed by atoms with Crippen molar-refractivity contribution in [1.29, 1.82) is 1.12 Å². The molecule has 0 heterocycles. The molecule has 0 fully saturated rings. The van der Waals surface area contributed by atoms with Gasteiger partial charge in [-0.3, -0.25) is 9.59 Å². The maximum atomic E-state index is 12.7. The minimum atomic E-state index is -2.72. The second-order valence-electron chi connectivity index (χ2n) is 8.73. The van der Waals surface area contributed by atoms with Gasteiger partial charge in [-0.1, -0.05) is 0 Å². The van der Waals surface area contributed by atoms with Crippen LogP contribution in [0.15, 0.2) is 0 Å². The highest BCUT2D eigenvalue weighted by atomic mass is 32.1. The van der Waals surface area contributed by atoms with Crippen molar-refractivity contribution in [1.82, 2.24) is 10.6 Å². The fourth-order valence-corrected chi connectivity index (χ4v) is 7.39. The lowest BCUT2D eigenvalue weighted by Gasteiger charge is -2.24. The Balaban J connectivity index is 4.40. The van der Waals surface area contributed by atoms with Gasteiger partial charge in [-0.15, -0.1) is 0 Å². The van der Waals surface area contributed by atoms with Gasteiger partial charge in [0.15, 0.2) is 12.6 Å². The molecule has 0 saturated carbocycles. The summed E-state index contributed by atoms with van der Waals surface area (Å²) < 4.78 is 50.0. The van der Waals surface area contributed by atoms with Crippen LogP contribution in [0.25, 0.3) is 0 Å². The van der Waals surface area contributed by atoms with E-state index < -0.39 is 36.1 Å². The Hall–Kier alpha value is -0.676. The van der Waals surface area contributed by atoms with E-state index in [-0.39, 0.29) is 51.0 Å². The van der Waals surface area contributed by atoms with E-state index in [0.29, 0.717) is 37.1 Å². The molecule has 14 nitrogen and oxygen atoms in total. The number of hydrogen-bond donors (Lipinski definition) is 5. The lowest BCUT2D eigenvalue weighted by atomic mass is 9.99. The molecule has 0 aliphatic heterocycles. The van der Waals surface area contributed by atoms with Crippen molar-refractivity contribution in [2.24, 2.45) is 5.92 Å². The van der Waals surface area contributed by atoms with Gasteiger partial charge in [0.25, 0.3) is 0 Å². The Labute approximate surface area is 246 Å². The van der Waals surface area contributed by atoms with E-state index in [0.717, 1.165) is 12.5 Å². The maximum absolute atomic E-state index is 12.7. The molecular formula is C23H50N2O12SSi2. The highest BCUT2D eigenvalue weighted by Crippen LogP contribution is 2.16. The quantitative estimate of drug-likeness (QED) is 0.0358. The summed E-state index contributed by atoms with van der Waals surface area (Å²) in [4.78, 5) is 25.0. The van der Waals surface area contributed by atoms with Crippen LogP contribution in [0.1, 0.15) is 32.1 Å². The molecule has 0 aromatic carbocycles. The van der Waals surface area contributed by atoms with Gasteiger partial charge in [0, 0.05) is 80.3 Å². The number of aliphatic hydroxyl groups is 2. The molecule has 0 aromatic rings. The van der Waals surface area contributed by atoms with Crippen LogP contribution in [0.3, 0.4) is 0 Å². The zero-order valence-corrected chi connectivity index (χ0v) is 27.4. The smallest absolute Gasteiger partial charge is 0.377 e. The number of carbonyl (C=O) groups excluding carboxylic acids is 2. The van der Waals surface area contributed by atoms with Crippen LogP contribution < -0.4 is 10.6 Å². The van der Waals surface area contributed by atoms with Gasteiger partial charge in [0.05, 0.1) is 13.1 Å². The lowest BCUT2D eigenvalue weighted by molar-refractivity contribution is -0.131. The zero-order valence-electron chi connectivity index (χ0n) is 25.6. The van der Waals surface area contributed by atoms with Gasteiger partial charge in [0.1, 0.15) is 1.12 Å². The standard InChI is InChI=1S/C23H50N2O12SSi2/c1-30-39(31-2,32-3)15-7-12-36-21(27)17-24-20(26)10-9-19(11-14-38)23(29)25-18-22(28)37-13-8-16-40(33-4,34-5)35-6/h19,21-22,27-28,38H,7-18H2,1-6H3,(H,24,26)(H,25,29)/i/hT. The van der Waals surface area contributed by atoms with Gasteiger partial charge < -0.3 is 56.9 Å². The second kappa shape index (κ2) is 22.9. The first-order chi connectivity index (χ1) is 19.6. The molecule has 238 valence electrons. The Kier molecular flexibility index (Phi) is 21.3. The predicted octanol–water partition coefficient (Wildman–Crippen LogP) is 0.142. The molecule has 0 aliphatic rings. The summed E-state index contributed by atoms with van der Waals surface area (Å²) >= 11 is 0.853. The number of amides is 2. The van der Waals surface area contributed by atoms with E-state index >= 15 is 0 Å². The van der Waals surface area contributed by atoms with Crippen LogP contribution in [-0.4, -0.2) is 128 Å². The molecule has 3 atom stereocenters. The highest BCUT2D eigenvalue weighted by Gasteiger charge is 2.37. The summed E-state index contributed by atoms with van der Waals surface area (Å²) in [5.74, 6) is -0.810. The summed E-state index contributed by atoms with van der Waals surface area (Å²) in [6.45, 7) is 0.210. The number of aliphatic hydroxyl groups excluding tert-OH is 2. The van der Waals surface area contributed by atoms with E-state index in [9.17, 15) is 19.8 Å². The molecule has 3 unspecified atom stereocenters. The molecule has 40 heavy (non-hydrogen) atoms. The molecule has 0 rings (SSSR count). The third kappa shape index (κ3) is 16.1. The second-order valence-corrected chi connectivity index (χ2v) is 15.3. The van der Waals surface area contributed by atoms with Crippen LogP contribution >= 0.6 is 12.5 Å². The third-order valence-electron chi connectivity index (χ3n) is 6.22. The Morgan fingerprint density at radius 2 is 1.23 bits per heavy atom. The molecule has 4 N–H and O–H groups in total. The van der Waals surface area contributed by atoms with Crippen molar-refractivity contribution in [3.8, 4) is 0 Å². The average Bonchev–Trinajstić information content (AvgIpc) is 2.99. The molecule has 2 amide bonds. The molecule has 17 heteroatoms. The summed E-state index contributed by atoms with van der Waals surface area (Å²) in [7, 11) is 3.69. The number of ether oxygens (including phenoxy) is 2. The maximum Gasteiger partial charge on any atom is 0.500 e. The fourth-order valence-electron chi connectivity index (χ4n) is 3.72. The van der Waals surface area contributed by atoms with Gasteiger partial charge in [-0.2, -0.15) is 12.5 Å². The van der Waals surface area contributed by atoms with Crippen LogP contribution in [0, 0.1) is 5.92 Å². The van der Waals surface area contributed by atoms with E-state index in [1.54, 1.807) is 0 Å². The monoisotopic (exact) mass is 636 g/mol. The Morgan fingerprint density at radius 3 is 1.65 bits per heavy atom. The van der Waals surface area contributed by atoms with E-state index in [1.807, 2.05) is 0 Å². The first-order valence-electron chi connectivity index (χ1n) is 13.5. The Bertz CT molecular complexity index is 682. The van der Waals surface area contributed by atoms with E-state index in [4.69, 9.17) is 37.2 Å². The molecular weight excluding hydrogens is 584 g/mol. The first kappa shape index (κ1) is 37.3. The van der Waals surface area contributed by atoms with E-state index in [2.05, 4.69) is 10.6 Å². The van der Waals surface area contributed by atoms with Gasteiger partial charge in [0.2, 0.25) is 11.8 Å². The minimum Gasteiger partial charge on any atom is -0.377 e. The van der Waals surface area contributed by atoms with Crippen molar-refractivity contribution in [2.75, 3.05) is 74.7 Å². The van der Waals surface area contributed by atoms with Gasteiger partial charge in [-0.05, 0) is 31.4 Å². The summed E-state index contributed by atoms with van der Waals surface area (Å²) in [5.41, 5.74) is 0. The largest absolute Gasteiger partial charge is 0.500 e. The molecule has 0 aromatic heterocycles. The van der Waals surface area contributed by atoms with Crippen LogP contribution in [0.2, 0.25) is 12.1 Å². The summed E-state index contributed by atoms with van der Waals surface area (Å²) in [5, 5.41) is 25.3. The minimum absolute atomic E-state index is 0.0420.